The van der Waals surface area contributed by atoms with Crippen molar-refractivity contribution in [3.63, 3.8) is 0 Å². The van der Waals surface area contributed by atoms with Crippen LogP contribution in [-0.4, -0.2) is 12.2 Å². The molecule has 1 aromatic rings. The van der Waals surface area contributed by atoms with Crippen LogP contribution >= 0.6 is 11.6 Å². The molecule has 0 atom stereocenters. The number of primary amides is 1. The molecule has 0 spiro atoms. The van der Waals surface area contributed by atoms with Crippen molar-refractivity contribution in [1.82, 2.24) is 0 Å². The molecule has 0 aliphatic carbocycles. The van der Waals surface area contributed by atoms with Crippen LogP contribution in [0.2, 0.25) is 5.02 Å². The van der Waals surface area contributed by atoms with E-state index in [0.717, 1.165) is 0 Å². The van der Waals surface area contributed by atoms with Crippen molar-refractivity contribution in [1.29, 1.82) is 0 Å². The molecule has 0 bridgehead atoms. The number of amides is 1. The van der Waals surface area contributed by atoms with E-state index in [4.69, 9.17) is 17.3 Å². The topological polar surface area (TPSA) is 60.2 Å². The molecule has 13 heavy (non-hydrogen) atoms. The summed E-state index contributed by atoms with van der Waals surface area (Å²) in [6.45, 7) is 0. The maximum Gasteiger partial charge on any atom is 0.253 e. The Balaban J connectivity index is 3.47. The first-order valence-electron chi connectivity index (χ1n) is 3.31. The van der Waals surface area contributed by atoms with Crippen molar-refractivity contribution in [3.8, 4) is 0 Å². The molecule has 0 heterocycles. The average Bonchev–Trinajstić information content (AvgIpc) is 2.04. The maximum absolute atomic E-state index is 13.2. The van der Waals surface area contributed by atoms with Crippen molar-refractivity contribution in [3.05, 3.63) is 34.1 Å². The van der Waals surface area contributed by atoms with E-state index < -0.39 is 17.3 Å². The SMILES string of the molecule is NC(=O)c1c(Cl)ccc(C=O)c1F. The van der Waals surface area contributed by atoms with Gasteiger partial charge in [0, 0.05) is 0 Å². The predicted molar refractivity (Wildman–Crippen MR) is 45.3 cm³/mol. The van der Waals surface area contributed by atoms with Gasteiger partial charge in [0.25, 0.3) is 5.91 Å². The predicted octanol–water partition coefficient (Wildman–Crippen LogP) is 1.39. The highest BCUT2D eigenvalue weighted by molar-refractivity contribution is 6.33. The number of nitrogens with two attached hydrogens (primary N) is 1. The number of carbonyl (C=O) groups is 2. The molecule has 3 nitrogen and oxygen atoms in total. The fourth-order valence-corrected chi connectivity index (χ4v) is 1.12. The van der Waals surface area contributed by atoms with Crippen molar-refractivity contribution >= 4 is 23.8 Å². The van der Waals surface area contributed by atoms with Crippen LogP contribution in [0.4, 0.5) is 4.39 Å². The summed E-state index contributed by atoms with van der Waals surface area (Å²) in [4.78, 5) is 21.0. The first-order chi connectivity index (χ1) is 6.07. The number of benzene rings is 1. The van der Waals surface area contributed by atoms with Crippen LogP contribution in [0.25, 0.3) is 0 Å². The highest BCUT2D eigenvalue weighted by atomic mass is 35.5. The lowest BCUT2D eigenvalue weighted by molar-refractivity contribution is 0.0996. The Bertz CT molecular complexity index is 379. The van der Waals surface area contributed by atoms with E-state index >= 15 is 0 Å². The minimum absolute atomic E-state index is 0.101. The number of aldehydes is 1. The molecule has 0 radical (unpaired) electrons. The number of rotatable bonds is 2. The van der Waals surface area contributed by atoms with Gasteiger partial charge in [0.1, 0.15) is 5.82 Å². The number of hydrogen-bond acceptors (Lipinski definition) is 2. The second kappa shape index (κ2) is 3.53. The van der Waals surface area contributed by atoms with E-state index in [2.05, 4.69) is 0 Å². The van der Waals surface area contributed by atoms with Crippen LogP contribution < -0.4 is 5.73 Å². The largest absolute Gasteiger partial charge is 0.365 e. The molecule has 1 aromatic carbocycles. The van der Waals surface area contributed by atoms with Crippen molar-refractivity contribution < 1.29 is 14.0 Å². The van der Waals surface area contributed by atoms with Gasteiger partial charge in [-0.25, -0.2) is 4.39 Å². The van der Waals surface area contributed by atoms with Gasteiger partial charge in [0.15, 0.2) is 6.29 Å². The maximum atomic E-state index is 13.2. The van der Waals surface area contributed by atoms with Gasteiger partial charge in [-0.1, -0.05) is 11.6 Å². The summed E-state index contributed by atoms with van der Waals surface area (Å²) in [5.74, 6) is -1.97. The molecule has 0 saturated carbocycles. The van der Waals surface area contributed by atoms with Gasteiger partial charge < -0.3 is 5.73 Å². The van der Waals surface area contributed by atoms with Gasteiger partial charge in [-0.15, -0.1) is 0 Å². The van der Waals surface area contributed by atoms with Gasteiger partial charge in [0.2, 0.25) is 0 Å². The lowest BCUT2D eigenvalue weighted by atomic mass is 10.1. The third-order valence-corrected chi connectivity index (χ3v) is 1.81. The molecule has 0 saturated heterocycles. The summed E-state index contributed by atoms with van der Waals surface area (Å²) < 4.78 is 13.2. The lowest BCUT2D eigenvalue weighted by Gasteiger charge is -2.02. The minimum atomic E-state index is -0.994. The zero-order valence-electron chi connectivity index (χ0n) is 6.38. The second-order valence-corrected chi connectivity index (χ2v) is 2.71. The third-order valence-electron chi connectivity index (χ3n) is 1.49. The fraction of sp³-hybridized carbons (Fsp3) is 0. The Morgan fingerprint density at radius 3 is 2.62 bits per heavy atom. The van der Waals surface area contributed by atoms with Crippen LogP contribution in [0.1, 0.15) is 20.7 Å². The Kier molecular flexibility index (Phi) is 2.63. The van der Waals surface area contributed by atoms with Crippen LogP contribution in [0.15, 0.2) is 12.1 Å². The summed E-state index contributed by atoms with van der Waals surface area (Å²) in [6, 6.07) is 2.42. The minimum Gasteiger partial charge on any atom is -0.365 e. The summed E-state index contributed by atoms with van der Waals surface area (Å²) in [7, 11) is 0. The molecule has 2 N–H and O–H groups in total. The Morgan fingerprint density at radius 1 is 1.54 bits per heavy atom. The highest BCUT2D eigenvalue weighted by Crippen LogP contribution is 2.20. The molecule has 0 aliphatic rings. The summed E-state index contributed by atoms with van der Waals surface area (Å²) in [5.41, 5.74) is 4.17. The molecule has 0 fully saturated rings. The van der Waals surface area contributed by atoms with Crippen LogP contribution in [0, 0.1) is 5.82 Å². The van der Waals surface area contributed by atoms with E-state index in [0.29, 0.717) is 0 Å². The van der Waals surface area contributed by atoms with Crippen LogP contribution in [-0.2, 0) is 0 Å². The van der Waals surface area contributed by atoms with E-state index in [1.54, 1.807) is 0 Å². The summed E-state index contributed by atoms with van der Waals surface area (Å²) in [6.07, 6.45) is 0.290. The van der Waals surface area contributed by atoms with E-state index in [-0.39, 0.29) is 16.9 Å². The molecular weight excluding hydrogens is 197 g/mol. The lowest BCUT2D eigenvalue weighted by Crippen LogP contribution is -2.15. The molecular formula is C8H5ClFNO2. The number of hydrogen-bond donors (Lipinski definition) is 1. The molecule has 0 unspecified atom stereocenters. The monoisotopic (exact) mass is 201 g/mol. The fourth-order valence-electron chi connectivity index (χ4n) is 0.885. The standard InChI is InChI=1S/C8H5ClFNO2/c9-5-2-1-4(3-12)7(10)6(5)8(11)13/h1-3H,(H2,11,13). The Hall–Kier alpha value is -1.42. The number of halogens is 2. The van der Waals surface area contributed by atoms with Gasteiger partial charge in [-0.2, -0.15) is 0 Å². The average molecular weight is 202 g/mol. The highest BCUT2D eigenvalue weighted by Gasteiger charge is 2.16. The summed E-state index contributed by atoms with van der Waals surface area (Å²) in [5, 5.41) is -0.101. The first-order valence-corrected chi connectivity index (χ1v) is 3.68. The van der Waals surface area contributed by atoms with Crippen LogP contribution in [0.5, 0.6) is 0 Å². The van der Waals surface area contributed by atoms with Gasteiger partial charge in [-0.3, -0.25) is 9.59 Å². The smallest absolute Gasteiger partial charge is 0.253 e. The van der Waals surface area contributed by atoms with E-state index in [9.17, 15) is 14.0 Å². The quantitative estimate of drug-likeness (QED) is 0.735. The van der Waals surface area contributed by atoms with Gasteiger partial charge in [0.05, 0.1) is 16.1 Å². The van der Waals surface area contributed by atoms with Crippen molar-refractivity contribution in [2.75, 3.05) is 0 Å². The molecule has 68 valence electrons. The number of carbonyl (C=O) groups excluding carboxylic acids is 2. The van der Waals surface area contributed by atoms with Gasteiger partial charge >= 0.3 is 0 Å². The second-order valence-electron chi connectivity index (χ2n) is 2.31. The normalized spacial score (nSPS) is 9.69. The Labute approximate surface area is 78.3 Å². The van der Waals surface area contributed by atoms with Crippen LogP contribution in [0.3, 0.4) is 0 Å². The summed E-state index contributed by atoms with van der Waals surface area (Å²) >= 11 is 5.50. The van der Waals surface area contributed by atoms with Crippen molar-refractivity contribution in [2.24, 2.45) is 5.73 Å². The van der Waals surface area contributed by atoms with E-state index in [1.165, 1.54) is 12.1 Å². The van der Waals surface area contributed by atoms with E-state index in [1.807, 2.05) is 0 Å². The van der Waals surface area contributed by atoms with Gasteiger partial charge in [-0.05, 0) is 12.1 Å². The molecule has 0 aromatic heterocycles. The molecule has 5 heteroatoms. The third kappa shape index (κ3) is 1.67. The molecule has 0 aliphatic heterocycles. The Morgan fingerprint density at radius 2 is 2.15 bits per heavy atom. The van der Waals surface area contributed by atoms with Crippen molar-refractivity contribution in [2.45, 2.75) is 0 Å². The molecule has 1 amide bonds. The first kappa shape index (κ1) is 9.67. The zero-order valence-corrected chi connectivity index (χ0v) is 7.14. The zero-order chi connectivity index (χ0) is 10.0. The molecule has 1 rings (SSSR count).